The summed E-state index contributed by atoms with van der Waals surface area (Å²) in [6.45, 7) is 1.25. The molecule has 0 unspecified atom stereocenters. The third-order valence-electron chi connectivity index (χ3n) is 7.00. The van der Waals surface area contributed by atoms with Gasteiger partial charge in [0.1, 0.15) is 5.69 Å². The molecule has 5 rings (SSSR count). The Morgan fingerprint density at radius 1 is 1.05 bits per heavy atom. The molecule has 1 saturated heterocycles. The molecular weight excluding hydrogens is 526 g/mol. The van der Waals surface area contributed by atoms with Gasteiger partial charge in [0, 0.05) is 31.2 Å². The molecule has 38 heavy (non-hydrogen) atoms. The molecule has 0 radical (unpaired) electrons. The quantitative estimate of drug-likeness (QED) is 0.438. The highest BCUT2D eigenvalue weighted by molar-refractivity contribution is 7.88. The summed E-state index contributed by atoms with van der Waals surface area (Å²) >= 11 is 6.14. The molecule has 0 spiro atoms. The van der Waals surface area contributed by atoms with E-state index in [-0.39, 0.29) is 36.3 Å². The van der Waals surface area contributed by atoms with Crippen molar-refractivity contribution in [1.82, 2.24) is 14.1 Å². The van der Waals surface area contributed by atoms with E-state index in [2.05, 4.69) is 11.2 Å². The number of nitrogens with zero attached hydrogens (tertiary/aromatic N) is 5. The smallest absolute Gasteiger partial charge is 0.316 e. The molecular formula is C27H28ClN5O4S. The highest BCUT2D eigenvalue weighted by atomic mass is 35.5. The van der Waals surface area contributed by atoms with Gasteiger partial charge in [-0.25, -0.2) is 8.42 Å². The number of halogens is 1. The van der Waals surface area contributed by atoms with Crippen LogP contribution in [0.5, 0.6) is 5.75 Å². The second-order valence-electron chi connectivity index (χ2n) is 9.49. The van der Waals surface area contributed by atoms with Crippen molar-refractivity contribution >= 4 is 27.3 Å². The van der Waals surface area contributed by atoms with E-state index in [4.69, 9.17) is 16.3 Å². The number of sulfonamides is 1. The summed E-state index contributed by atoms with van der Waals surface area (Å²) in [5.74, 6) is -0.00423. The predicted octanol–water partition coefficient (Wildman–Crippen LogP) is 3.73. The Balaban J connectivity index is 1.38. The van der Waals surface area contributed by atoms with E-state index in [0.717, 1.165) is 25.7 Å². The van der Waals surface area contributed by atoms with Crippen molar-refractivity contribution in [3.63, 3.8) is 0 Å². The van der Waals surface area contributed by atoms with Crippen molar-refractivity contribution in [2.75, 3.05) is 31.1 Å². The lowest BCUT2D eigenvalue weighted by atomic mass is 10.1. The van der Waals surface area contributed by atoms with Crippen molar-refractivity contribution in [2.45, 2.75) is 37.5 Å². The fraction of sp³-hybridized carbons (Fsp3) is 0.370. The Morgan fingerprint density at radius 3 is 2.50 bits per heavy atom. The number of rotatable bonds is 7. The van der Waals surface area contributed by atoms with Crippen LogP contribution in [0.15, 0.2) is 59.5 Å². The van der Waals surface area contributed by atoms with Gasteiger partial charge in [-0.15, -0.1) is 0 Å². The van der Waals surface area contributed by atoms with Crippen molar-refractivity contribution in [2.24, 2.45) is 0 Å². The van der Waals surface area contributed by atoms with Crippen molar-refractivity contribution < 1.29 is 13.2 Å². The molecule has 2 aromatic carbocycles. The van der Waals surface area contributed by atoms with E-state index < -0.39 is 10.0 Å². The topological polar surface area (TPSA) is 109 Å². The molecule has 3 aromatic rings. The molecule has 11 heteroatoms. The van der Waals surface area contributed by atoms with Crippen LogP contribution in [0, 0.1) is 11.3 Å². The first-order valence-corrected chi connectivity index (χ1v) is 14.6. The van der Waals surface area contributed by atoms with E-state index in [9.17, 15) is 18.5 Å². The largest absolute Gasteiger partial charge is 0.483 e. The van der Waals surface area contributed by atoms with E-state index >= 15 is 0 Å². The highest BCUT2D eigenvalue weighted by Crippen LogP contribution is 2.31. The number of hydrogen-bond acceptors (Lipinski definition) is 7. The number of aromatic nitrogens is 2. The number of ether oxygens (including phenoxy) is 1. The second-order valence-corrected chi connectivity index (χ2v) is 11.9. The van der Waals surface area contributed by atoms with Gasteiger partial charge in [0.2, 0.25) is 15.8 Å². The minimum atomic E-state index is -3.63. The zero-order valence-electron chi connectivity index (χ0n) is 20.8. The monoisotopic (exact) mass is 553 g/mol. The maximum Gasteiger partial charge on any atom is 0.316 e. The van der Waals surface area contributed by atoms with Crippen LogP contribution in [-0.4, -0.2) is 54.8 Å². The van der Waals surface area contributed by atoms with Crippen LogP contribution in [-0.2, 0) is 15.8 Å². The number of anilines is 1. The Morgan fingerprint density at radius 2 is 1.79 bits per heavy atom. The van der Waals surface area contributed by atoms with Gasteiger partial charge in [-0.2, -0.15) is 19.3 Å². The Hall–Kier alpha value is -3.39. The fourth-order valence-corrected chi connectivity index (χ4v) is 6.71. The van der Waals surface area contributed by atoms with Crippen LogP contribution in [0.2, 0.25) is 5.02 Å². The van der Waals surface area contributed by atoms with Gasteiger partial charge in [0.25, 0.3) is 0 Å². The lowest BCUT2D eigenvalue weighted by Crippen LogP contribution is -2.49. The highest BCUT2D eigenvalue weighted by Gasteiger charge is 2.31. The normalized spacial score (nSPS) is 16.9. The molecule has 9 nitrogen and oxygen atoms in total. The molecule has 1 aliphatic carbocycles. The molecule has 0 atom stereocenters. The second kappa shape index (κ2) is 11.2. The first-order chi connectivity index (χ1) is 18.4. The lowest BCUT2D eigenvalue weighted by Gasteiger charge is -2.36. The maximum absolute atomic E-state index is 13.6. The Bertz CT molecular complexity index is 1520. The van der Waals surface area contributed by atoms with Crippen LogP contribution in [0.3, 0.4) is 0 Å². The summed E-state index contributed by atoms with van der Waals surface area (Å²) < 4.78 is 35.3. The maximum atomic E-state index is 13.6. The summed E-state index contributed by atoms with van der Waals surface area (Å²) in [5, 5.41) is 14.2. The first-order valence-electron chi connectivity index (χ1n) is 12.6. The summed E-state index contributed by atoms with van der Waals surface area (Å²) in [7, 11) is -3.63. The minimum absolute atomic E-state index is 0.0430. The van der Waals surface area contributed by atoms with Crippen molar-refractivity contribution in [3.05, 3.63) is 81.2 Å². The van der Waals surface area contributed by atoms with Gasteiger partial charge in [-0.1, -0.05) is 35.9 Å². The fourth-order valence-electron chi connectivity index (χ4n) is 4.98. The predicted molar refractivity (Wildman–Crippen MR) is 145 cm³/mol. The third-order valence-corrected chi connectivity index (χ3v) is 9.07. The Labute approximate surface area is 226 Å². The minimum Gasteiger partial charge on any atom is -0.483 e. The summed E-state index contributed by atoms with van der Waals surface area (Å²) in [6, 6.07) is 15.7. The number of piperazine rings is 1. The first kappa shape index (κ1) is 26.2. The van der Waals surface area contributed by atoms with E-state index in [1.165, 1.54) is 8.99 Å². The zero-order valence-corrected chi connectivity index (χ0v) is 22.4. The van der Waals surface area contributed by atoms with E-state index in [0.29, 0.717) is 40.6 Å². The summed E-state index contributed by atoms with van der Waals surface area (Å²) in [4.78, 5) is 15.5. The summed E-state index contributed by atoms with van der Waals surface area (Å²) in [6.07, 6.45) is 5.44. The molecule has 0 N–H and O–H groups in total. The zero-order chi connectivity index (χ0) is 26.7. The molecule has 2 heterocycles. The van der Waals surface area contributed by atoms with Crippen LogP contribution >= 0.6 is 11.6 Å². The summed E-state index contributed by atoms with van der Waals surface area (Å²) in [5.41, 5.74) is 1.57. The van der Waals surface area contributed by atoms with Crippen molar-refractivity contribution in [3.8, 4) is 17.5 Å². The van der Waals surface area contributed by atoms with E-state index in [1.54, 1.807) is 54.7 Å². The molecule has 2 aliphatic rings. The average Bonchev–Trinajstić information content (AvgIpc) is 3.43. The van der Waals surface area contributed by atoms with Crippen LogP contribution in [0.4, 0.5) is 5.69 Å². The molecule has 1 aromatic heterocycles. The van der Waals surface area contributed by atoms with Gasteiger partial charge in [0.05, 0.1) is 35.4 Å². The lowest BCUT2D eigenvalue weighted by molar-refractivity contribution is 0.205. The number of benzene rings is 2. The average molecular weight is 554 g/mol. The SMILES string of the molecule is N#Cc1ccccc1CS(=O)(=O)N1CCN(c2cnn(-c3cccc(Cl)c3)c(=O)c2OC2CCCC2)CC1. The standard InChI is InChI=1S/C27H28ClN5O4S/c28-22-8-5-9-23(16-22)33-27(34)26(37-24-10-3-4-11-24)25(18-30-33)31-12-14-32(15-13-31)38(35,36)19-21-7-2-1-6-20(21)17-29/h1-2,5-9,16,18,24H,3-4,10-15,19H2. The van der Waals surface area contributed by atoms with Crippen LogP contribution in [0.1, 0.15) is 36.8 Å². The van der Waals surface area contributed by atoms with E-state index in [1.807, 2.05) is 4.90 Å². The van der Waals surface area contributed by atoms with Gasteiger partial charge in [0.15, 0.2) is 0 Å². The van der Waals surface area contributed by atoms with Gasteiger partial charge >= 0.3 is 5.56 Å². The van der Waals surface area contributed by atoms with Gasteiger partial charge in [-0.05, 0) is 55.5 Å². The Kier molecular flexibility index (Phi) is 7.70. The van der Waals surface area contributed by atoms with Crippen molar-refractivity contribution in [1.29, 1.82) is 5.26 Å². The third kappa shape index (κ3) is 5.55. The van der Waals surface area contributed by atoms with Gasteiger partial charge in [-0.3, -0.25) is 4.79 Å². The molecule has 0 bridgehead atoms. The van der Waals surface area contributed by atoms with Gasteiger partial charge < -0.3 is 9.64 Å². The number of hydrogen-bond donors (Lipinski definition) is 0. The van der Waals surface area contributed by atoms with Crippen LogP contribution in [0.25, 0.3) is 5.69 Å². The molecule has 1 aliphatic heterocycles. The molecule has 2 fully saturated rings. The van der Waals surface area contributed by atoms with Crippen LogP contribution < -0.4 is 15.2 Å². The molecule has 198 valence electrons. The molecule has 1 saturated carbocycles. The molecule has 0 amide bonds. The number of nitriles is 1.